The Morgan fingerprint density at radius 1 is 1.30 bits per heavy atom. The number of hydrogen-bond acceptors (Lipinski definition) is 3. The second-order valence-corrected chi connectivity index (χ2v) is 4.73. The van der Waals surface area contributed by atoms with Crippen LogP contribution in [0.2, 0.25) is 0 Å². The first-order chi connectivity index (χ1) is 9.45. The maximum Gasteiger partial charge on any atom is 0.323 e. The quantitative estimate of drug-likeness (QED) is 0.740. The number of aliphatic carboxylic acids is 1. The molecule has 0 aliphatic heterocycles. The SMILES string of the molecule is CNCc1ccccc1NC(=O)N(CC(=O)O)C(C)C. The van der Waals surface area contributed by atoms with Gasteiger partial charge in [-0.05, 0) is 32.5 Å². The van der Waals surface area contributed by atoms with E-state index < -0.39 is 12.0 Å². The average molecular weight is 279 g/mol. The van der Waals surface area contributed by atoms with E-state index in [0.717, 1.165) is 5.56 Å². The van der Waals surface area contributed by atoms with E-state index in [2.05, 4.69) is 10.6 Å². The number of nitrogens with zero attached hydrogens (tertiary/aromatic N) is 1. The van der Waals surface area contributed by atoms with Crippen LogP contribution < -0.4 is 10.6 Å². The molecule has 20 heavy (non-hydrogen) atoms. The van der Waals surface area contributed by atoms with E-state index in [-0.39, 0.29) is 12.6 Å². The highest BCUT2D eigenvalue weighted by atomic mass is 16.4. The molecule has 1 aromatic carbocycles. The molecule has 6 nitrogen and oxygen atoms in total. The summed E-state index contributed by atoms with van der Waals surface area (Å²) in [5.74, 6) is -1.03. The summed E-state index contributed by atoms with van der Waals surface area (Å²) in [6.45, 7) is 3.86. The van der Waals surface area contributed by atoms with Gasteiger partial charge in [0, 0.05) is 18.3 Å². The lowest BCUT2D eigenvalue weighted by molar-refractivity contribution is -0.137. The average Bonchev–Trinajstić information content (AvgIpc) is 2.38. The molecule has 0 aromatic heterocycles. The van der Waals surface area contributed by atoms with Gasteiger partial charge in [0.2, 0.25) is 0 Å². The van der Waals surface area contributed by atoms with Crippen LogP contribution in [0.25, 0.3) is 0 Å². The van der Waals surface area contributed by atoms with Crippen molar-refractivity contribution in [2.75, 3.05) is 18.9 Å². The van der Waals surface area contributed by atoms with Gasteiger partial charge in [-0.25, -0.2) is 4.79 Å². The third kappa shape index (κ3) is 4.55. The lowest BCUT2D eigenvalue weighted by Crippen LogP contribution is -2.43. The minimum absolute atomic E-state index is 0.192. The van der Waals surface area contributed by atoms with Crippen LogP contribution in [0, 0.1) is 0 Å². The van der Waals surface area contributed by atoms with Gasteiger partial charge in [0.1, 0.15) is 6.54 Å². The van der Waals surface area contributed by atoms with Crippen molar-refractivity contribution in [3.05, 3.63) is 29.8 Å². The summed E-state index contributed by atoms with van der Waals surface area (Å²) >= 11 is 0. The molecule has 0 unspecified atom stereocenters. The van der Waals surface area contributed by atoms with Crippen molar-refractivity contribution in [1.29, 1.82) is 0 Å². The number of carbonyl (C=O) groups is 2. The highest BCUT2D eigenvalue weighted by molar-refractivity contribution is 5.92. The van der Waals surface area contributed by atoms with Crippen molar-refractivity contribution in [1.82, 2.24) is 10.2 Å². The van der Waals surface area contributed by atoms with Gasteiger partial charge in [-0.1, -0.05) is 18.2 Å². The molecule has 0 saturated heterocycles. The Labute approximate surface area is 118 Å². The van der Waals surface area contributed by atoms with Crippen molar-refractivity contribution >= 4 is 17.7 Å². The molecule has 0 spiro atoms. The number of urea groups is 1. The van der Waals surface area contributed by atoms with E-state index in [1.807, 2.05) is 25.2 Å². The summed E-state index contributed by atoms with van der Waals surface area (Å²) in [5.41, 5.74) is 1.63. The molecule has 2 amide bonds. The third-order valence-electron chi connectivity index (χ3n) is 2.82. The van der Waals surface area contributed by atoms with Crippen LogP contribution in [0.3, 0.4) is 0 Å². The summed E-state index contributed by atoms with van der Waals surface area (Å²) < 4.78 is 0. The van der Waals surface area contributed by atoms with Crippen LogP contribution in [-0.2, 0) is 11.3 Å². The first kappa shape index (κ1) is 16.0. The number of carbonyl (C=O) groups excluding carboxylic acids is 1. The number of nitrogens with one attached hydrogen (secondary N) is 2. The van der Waals surface area contributed by atoms with Crippen molar-refractivity contribution in [3.63, 3.8) is 0 Å². The van der Waals surface area contributed by atoms with E-state index in [4.69, 9.17) is 5.11 Å². The monoisotopic (exact) mass is 279 g/mol. The Kier molecular flexibility index (Phi) is 5.99. The summed E-state index contributed by atoms with van der Waals surface area (Å²) in [6.07, 6.45) is 0. The molecule has 0 atom stereocenters. The highest BCUT2D eigenvalue weighted by Crippen LogP contribution is 2.16. The highest BCUT2D eigenvalue weighted by Gasteiger charge is 2.20. The van der Waals surface area contributed by atoms with Crippen LogP contribution in [0.15, 0.2) is 24.3 Å². The van der Waals surface area contributed by atoms with E-state index in [9.17, 15) is 9.59 Å². The summed E-state index contributed by atoms with van der Waals surface area (Å²) in [5, 5.41) is 14.6. The molecule has 110 valence electrons. The molecular weight excluding hydrogens is 258 g/mol. The zero-order chi connectivity index (χ0) is 15.1. The van der Waals surface area contributed by atoms with Crippen molar-refractivity contribution in [3.8, 4) is 0 Å². The molecule has 0 aliphatic rings. The maximum atomic E-state index is 12.2. The Morgan fingerprint density at radius 2 is 1.95 bits per heavy atom. The number of amides is 2. The van der Waals surface area contributed by atoms with Crippen LogP contribution >= 0.6 is 0 Å². The number of benzene rings is 1. The molecule has 0 fully saturated rings. The number of para-hydroxylation sites is 1. The largest absolute Gasteiger partial charge is 0.480 e. The summed E-state index contributed by atoms with van der Waals surface area (Å²) in [4.78, 5) is 24.3. The molecule has 0 aliphatic carbocycles. The molecule has 0 radical (unpaired) electrons. The molecule has 6 heteroatoms. The smallest absolute Gasteiger partial charge is 0.323 e. The standard InChI is InChI=1S/C14H21N3O3/c1-10(2)17(9-13(18)19)14(20)16-12-7-5-4-6-11(12)8-15-3/h4-7,10,15H,8-9H2,1-3H3,(H,16,20)(H,18,19). The Morgan fingerprint density at radius 3 is 2.50 bits per heavy atom. The van der Waals surface area contributed by atoms with Crippen molar-refractivity contribution < 1.29 is 14.7 Å². The van der Waals surface area contributed by atoms with Crippen molar-refractivity contribution in [2.24, 2.45) is 0 Å². The topological polar surface area (TPSA) is 81.7 Å². The van der Waals surface area contributed by atoms with Gasteiger partial charge in [-0.2, -0.15) is 0 Å². The van der Waals surface area contributed by atoms with E-state index in [0.29, 0.717) is 12.2 Å². The number of hydrogen-bond donors (Lipinski definition) is 3. The van der Waals surface area contributed by atoms with Crippen LogP contribution in [-0.4, -0.2) is 41.6 Å². The Balaban J connectivity index is 2.85. The van der Waals surface area contributed by atoms with Gasteiger partial charge < -0.3 is 20.6 Å². The van der Waals surface area contributed by atoms with E-state index in [1.54, 1.807) is 19.9 Å². The molecule has 3 N–H and O–H groups in total. The fraction of sp³-hybridized carbons (Fsp3) is 0.429. The van der Waals surface area contributed by atoms with Gasteiger partial charge in [0.15, 0.2) is 0 Å². The second-order valence-electron chi connectivity index (χ2n) is 4.73. The lowest BCUT2D eigenvalue weighted by Gasteiger charge is -2.25. The zero-order valence-electron chi connectivity index (χ0n) is 12.0. The van der Waals surface area contributed by atoms with Gasteiger partial charge >= 0.3 is 12.0 Å². The molecule has 0 heterocycles. The lowest BCUT2D eigenvalue weighted by atomic mass is 10.2. The van der Waals surface area contributed by atoms with Crippen molar-refractivity contribution in [2.45, 2.75) is 26.4 Å². The first-order valence-electron chi connectivity index (χ1n) is 6.47. The minimum atomic E-state index is -1.03. The van der Waals surface area contributed by atoms with E-state index >= 15 is 0 Å². The Bertz CT molecular complexity index is 474. The van der Waals surface area contributed by atoms with Gasteiger partial charge in [-0.3, -0.25) is 4.79 Å². The minimum Gasteiger partial charge on any atom is -0.480 e. The number of rotatable bonds is 6. The van der Waals surface area contributed by atoms with Crippen LogP contribution in [0.4, 0.5) is 10.5 Å². The fourth-order valence-electron chi connectivity index (χ4n) is 1.81. The second kappa shape index (κ2) is 7.49. The van der Waals surface area contributed by atoms with Crippen LogP contribution in [0.5, 0.6) is 0 Å². The van der Waals surface area contributed by atoms with Crippen LogP contribution in [0.1, 0.15) is 19.4 Å². The van der Waals surface area contributed by atoms with Gasteiger partial charge in [0.05, 0.1) is 0 Å². The number of anilines is 1. The molecular formula is C14H21N3O3. The molecule has 1 aromatic rings. The summed E-state index contributed by atoms with van der Waals surface area (Å²) in [7, 11) is 1.82. The normalized spacial score (nSPS) is 10.4. The zero-order valence-corrected chi connectivity index (χ0v) is 12.0. The van der Waals surface area contributed by atoms with Gasteiger partial charge in [-0.15, -0.1) is 0 Å². The molecule has 0 bridgehead atoms. The number of carboxylic acid groups (broad SMARTS) is 1. The maximum absolute atomic E-state index is 12.2. The summed E-state index contributed by atoms with van der Waals surface area (Å²) in [6, 6.07) is 6.81. The Hall–Kier alpha value is -2.08. The first-order valence-corrected chi connectivity index (χ1v) is 6.47. The third-order valence-corrected chi connectivity index (χ3v) is 2.82. The predicted octanol–water partition coefficient (Wildman–Crippen LogP) is 1.73. The van der Waals surface area contributed by atoms with Gasteiger partial charge in [0.25, 0.3) is 0 Å². The fourth-order valence-corrected chi connectivity index (χ4v) is 1.81. The number of carboxylic acids is 1. The molecule has 0 saturated carbocycles. The predicted molar refractivity (Wildman–Crippen MR) is 77.7 cm³/mol. The molecule has 1 rings (SSSR count). The van der Waals surface area contributed by atoms with E-state index in [1.165, 1.54) is 4.90 Å².